The number of esters is 3. The van der Waals surface area contributed by atoms with Gasteiger partial charge in [0.25, 0.3) is 0 Å². The molecule has 0 heterocycles. The van der Waals surface area contributed by atoms with Gasteiger partial charge in [0.1, 0.15) is 13.2 Å². The molecule has 0 aliphatic rings. The maximum absolute atomic E-state index is 12.9. The van der Waals surface area contributed by atoms with E-state index in [4.69, 9.17) is 14.2 Å². The molecule has 6 heteroatoms. The van der Waals surface area contributed by atoms with Crippen molar-refractivity contribution in [2.24, 2.45) is 5.92 Å². The summed E-state index contributed by atoms with van der Waals surface area (Å²) in [5.74, 6) is 0.0343. The van der Waals surface area contributed by atoms with Gasteiger partial charge in [-0.3, -0.25) is 14.4 Å². The van der Waals surface area contributed by atoms with Gasteiger partial charge in [0.2, 0.25) is 0 Å². The van der Waals surface area contributed by atoms with E-state index in [1.807, 2.05) is 0 Å². The Hall–Kier alpha value is -1.59. The third-order valence-corrected chi connectivity index (χ3v) is 15.3. The molecule has 72 heavy (non-hydrogen) atoms. The second-order valence-corrected chi connectivity index (χ2v) is 23.2. The maximum atomic E-state index is 12.9. The molecule has 0 unspecified atom stereocenters. The van der Waals surface area contributed by atoms with Crippen molar-refractivity contribution in [3.8, 4) is 0 Å². The van der Waals surface area contributed by atoms with Gasteiger partial charge in [-0.1, -0.05) is 342 Å². The zero-order valence-electron chi connectivity index (χ0n) is 49.4. The topological polar surface area (TPSA) is 78.9 Å². The quantitative estimate of drug-likeness (QED) is 0.0343. The predicted octanol–water partition coefficient (Wildman–Crippen LogP) is 22.1. The summed E-state index contributed by atoms with van der Waals surface area (Å²) < 4.78 is 17.0. The summed E-state index contributed by atoms with van der Waals surface area (Å²) in [5.41, 5.74) is 0. The van der Waals surface area contributed by atoms with Gasteiger partial charge >= 0.3 is 17.9 Å². The molecule has 0 spiro atoms. The molecule has 0 N–H and O–H groups in total. The van der Waals surface area contributed by atoms with Crippen LogP contribution in [-0.4, -0.2) is 37.2 Å². The molecule has 1 atom stereocenters. The summed E-state index contributed by atoms with van der Waals surface area (Å²) in [4.78, 5) is 38.3. The summed E-state index contributed by atoms with van der Waals surface area (Å²) in [6.45, 7) is 9.11. The Balaban J connectivity index is 4.26. The number of carbonyl (C=O) groups is 3. The molecule has 0 aromatic rings. The summed E-state index contributed by atoms with van der Waals surface area (Å²) in [6, 6.07) is 0. The molecule has 0 saturated heterocycles. The third-order valence-electron chi connectivity index (χ3n) is 15.3. The SMILES string of the molecule is CCCCCCCCCCCCCCCCCCCCC(=O)O[C@@H](COC(=O)CCCCCCCCCCCCCCCCC)COC(=O)CCCCCCCCCCCCCCCCCCCCC(C)C. The molecule has 0 aliphatic carbocycles. The van der Waals surface area contributed by atoms with Crippen LogP contribution < -0.4 is 0 Å². The van der Waals surface area contributed by atoms with Gasteiger partial charge in [-0.15, -0.1) is 0 Å². The van der Waals surface area contributed by atoms with E-state index in [2.05, 4.69) is 27.7 Å². The number of rotatable bonds is 61. The van der Waals surface area contributed by atoms with Gasteiger partial charge in [-0.05, 0) is 25.2 Å². The Labute approximate surface area is 450 Å². The van der Waals surface area contributed by atoms with Crippen molar-refractivity contribution in [1.29, 1.82) is 0 Å². The summed E-state index contributed by atoms with van der Waals surface area (Å²) in [7, 11) is 0. The van der Waals surface area contributed by atoms with E-state index in [0.29, 0.717) is 19.3 Å². The molecule has 0 bridgehead atoms. The van der Waals surface area contributed by atoms with E-state index in [-0.39, 0.29) is 31.1 Å². The van der Waals surface area contributed by atoms with Crippen molar-refractivity contribution in [2.75, 3.05) is 13.2 Å². The van der Waals surface area contributed by atoms with Crippen LogP contribution in [0.4, 0.5) is 0 Å². The van der Waals surface area contributed by atoms with E-state index in [0.717, 1.165) is 63.7 Å². The number of carbonyl (C=O) groups excluding carboxylic acids is 3. The fourth-order valence-electron chi connectivity index (χ4n) is 10.3. The summed E-state index contributed by atoms with van der Waals surface area (Å²) in [6.07, 6.45) is 68.2. The monoisotopic (exact) mass is 1020 g/mol. The van der Waals surface area contributed by atoms with Crippen LogP contribution in [0.15, 0.2) is 0 Å². The number of unbranched alkanes of at least 4 members (excludes halogenated alkanes) is 48. The highest BCUT2D eigenvalue weighted by Gasteiger charge is 2.19. The van der Waals surface area contributed by atoms with E-state index < -0.39 is 6.10 Å². The van der Waals surface area contributed by atoms with E-state index in [1.165, 1.54) is 276 Å². The smallest absolute Gasteiger partial charge is 0.306 e. The molecule has 0 rings (SSSR count). The highest BCUT2D eigenvalue weighted by molar-refractivity contribution is 5.71. The highest BCUT2D eigenvalue weighted by atomic mass is 16.6. The van der Waals surface area contributed by atoms with Gasteiger partial charge in [-0.25, -0.2) is 0 Å². The lowest BCUT2D eigenvalue weighted by Crippen LogP contribution is -2.30. The van der Waals surface area contributed by atoms with Crippen LogP contribution in [-0.2, 0) is 28.6 Å². The molecule has 0 amide bonds. The second kappa shape index (κ2) is 60.3. The fourth-order valence-corrected chi connectivity index (χ4v) is 10.3. The largest absolute Gasteiger partial charge is 0.462 e. The number of ether oxygens (including phenoxy) is 3. The number of hydrogen-bond donors (Lipinski definition) is 0. The fraction of sp³-hybridized carbons (Fsp3) is 0.955. The van der Waals surface area contributed by atoms with Crippen LogP contribution in [0.3, 0.4) is 0 Å². The molecular weight excluding hydrogens is 889 g/mol. The van der Waals surface area contributed by atoms with Gasteiger partial charge in [0, 0.05) is 19.3 Å². The van der Waals surface area contributed by atoms with Gasteiger partial charge < -0.3 is 14.2 Å². The molecule has 6 nitrogen and oxygen atoms in total. The first-order valence-corrected chi connectivity index (χ1v) is 32.9. The standard InChI is InChI=1S/C66H128O6/c1-5-7-9-11-13-15-17-19-21-22-26-31-35-39-43-47-51-55-59-66(69)72-63(60-70-64(67)57-53-49-45-41-37-33-28-20-18-16-14-12-10-8-6-2)61-71-65(68)58-54-50-46-42-38-34-30-27-24-23-25-29-32-36-40-44-48-52-56-62(3)4/h62-63H,5-61H2,1-4H3/t63-/m0/s1. The van der Waals surface area contributed by atoms with Crippen LogP contribution in [0.5, 0.6) is 0 Å². The lowest BCUT2D eigenvalue weighted by atomic mass is 10.0. The first-order valence-electron chi connectivity index (χ1n) is 32.9. The van der Waals surface area contributed by atoms with Gasteiger partial charge in [-0.2, -0.15) is 0 Å². The normalized spacial score (nSPS) is 12.0. The van der Waals surface area contributed by atoms with Crippen LogP contribution in [0.2, 0.25) is 0 Å². The van der Waals surface area contributed by atoms with Crippen molar-refractivity contribution in [3.05, 3.63) is 0 Å². The average molecular weight is 1020 g/mol. The minimum absolute atomic E-state index is 0.0609. The zero-order valence-corrected chi connectivity index (χ0v) is 49.4. The van der Waals surface area contributed by atoms with Gasteiger partial charge in [0.15, 0.2) is 6.10 Å². The molecule has 0 aromatic heterocycles. The Kier molecular flexibility index (Phi) is 58.9. The van der Waals surface area contributed by atoms with Crippen molar-refractivity contribution in [3.63, 3.8) is 0 Å². The van der Waals surface area contributed by atoms with Crippen molar-refractivity contribution >= 4 is 17.9 Å². The molecular formula is C66H128O6. The minimum Gasteiger partial charge on any atom is -0.462 e. The second-order valence-electron chi connectivity index (χ2n) is 23.2. The minimum atomic E-state index is -0.763. The lowest BCUT2D eigenvalue weighted by Gasteiger charge is -2.18. The van der Waals surface area contributed by atoms with Crippen LogP contribution in [0, 0.1) is 5.92 Å². The number of hydrogen-bond acceptors (Lipinski definition) is 6. The van der Waals surface area contributed by atoms with E-state index >= 15 is 0 Å². The van der Waals surface area contributed by atoms with E-state index in [1.54, 1.807) is 0 Å². The highest BCUT2D eigenvalue weighted by Crippen LogP contribution is 2.19. The van der Waals surface area contributed by atoms with E-state index in [9.17, 15) is 14.4 Å². The molecule has 0 aliphatic heterocycles. The Morgan fingerprint density at radius 3 is 0.681 bits per heavy atom. The Morgan fingerprint density at radius 2 is 0.458 bits per heavy atom. The average Bonchev–Trinajstić information content (AvgIpc) is 3.37. The van der Waals surface area contributed by atoms with Gasteiger partial charge in [0.05, 0.1) is 0 Å². The Morgan fingerprint density at radius 1 is 0.264 bits per heavy atom. The third kappa shape index (κ3) is 59.3. The molecule has 0 saturated carbocycles. The van der Waals surface area contributed by atoms with Crippen LogP contribution in [0.1, 0.15) is 381 Å². The lowest BCUT2D eigenvalue weighted by molar-refractivity contribution is -0.167. The molecule has 0 aromatic carbocycles. The van der Waals surface area contributed by atoms with Crippen LogP contribution in [0.25, 0.3) is 0 Å². The Bertz CT molecular complexity index is 1090. The summed E-state index contributed by atoms with van der Waals surface area (Å²) in [5, 5.41) is 0. The van der Waals surface area contributed by atoms with Crippen LogP contribution >= 0.6 is 0 Å². The first-order chi connectivity index (χ1) is 35.4. The molecule has 0 radical (unpaired) electrons. The van der Waals surface area contributed by atoms with Crippen molar-refractivity contribution in [1.82, 2.24) is 0 Å². The zero-order chi connectivity index (χ0) is 52.3. The molecule has 428 valence electrons. The van der Waals surface area contributed by atoms with Crippen molar-refractivity contribution < 1.29 is 28.6 Å². The molecule has 0 fully saturated rings. The first kappa shape index (κ1) is 70.4. The van der Waals surface area contributed by atoms with Crippen molar-refractivity contribution in [2.45, 2.75) is 387 Å². The maximum Gasteiger partial charge on any atom is 0.306 e. The predicted molar refractivity (Wildman–Crippen MR) is 312 cm³/mol. The summed E-state index contributed by atoms with van der Waals surface area (Å²) >= 11 is 0.